The van der Waals surface area contributed by atoms with Gasteiger partial charge in [0.2, 0.25) is 0 Å². The fourth-order valence-electron chi connectivity index (χ4n) is 0.428. The zero-order chi connectivity index (χ0) is 5.11. The molecule has 46 valence electrons. The average Bonchev–Trinajstić information content (AvgIpc) is 1.69. The van der Waals surface area contributed by atoms with Gasteiger partial charge in [-0.2, -0.15) is 0 Å². The van der Waals surface area contributed by atoms with Gasteiger partial charge < -0.3 is 17.5 Å². The molecule has 0 unspecified atom stereocenters. The van der Waals surface area contributed by atoms with Crippen LogP contribution in [0.15, 0.2) is 30.3 Å². The van der Waals surface area contributed by atoms with E-state index in [0.29, 0.717) is 5.75 Å². The third kappa shape index (κ3) is 4.44. The van der Waals surface area contributed by atoms with Gasteiger partial charge >= 0.3 is 0 Å². The summed E-state index contributed by atoms with van der Waals surface area (Å²) in [7, 11) is 0. The van der Waals surface area contributed by atoms with Crippen LogP contribution >= 0.6 is 0 Å². The monoisotopic (exact) mass is 193 g/mol. The number of hydrogen-bond acceptors (Lipinski definition) is 1. The van der Waals surface area contributed by atoms with Crippen molar-refractivity contribution in [1.82, 2.24) is 0 Å². The summed E-state index contributed by atoms with van der Waals surface area (Å²) in [5.74, 6) is 0.322. The molecule has 0 fully saturated rings. The first-order valence-electron chi connectivity index (χ1n) is 2.13. The predicted octanol–water partition coefficient (Wildman–Crippen LogP) is -1.61. The van der Waals surface area contributed by atoms with Gasteiger partial charge in [-0.25, -0.2) is 0 Å². The SMILES string of the molecule is Oc1ccccc1.[Cl-].[Zn]. The number of aromatic hydroxyl groups is 1. The Morgan fingerprint density at radius 3 is 1.67 bits per heavy atom. The third-order valence-electron chi connectivity index (χ3n) is 0.756. The molecule has 0 saturated carbocycles. The van der Waals surface area contributed by atoms with Crippen LogP contribution < -0.4 is 12.4 Å². The van der Waals surface area contributed by atoms with E-state index in [9.17, 15) is 0 Å². The Morgan fingerprint density at radius 1 is 1.00 bits per heavy atom. The van der Waals surface area contributed by atoms with Crippen molar-refractivity contribution in [3.8, 4) is 5.75 Å². The van der Waals surface area contributed by atoms with Gasteiger partial charge in [0.25, 0.3) is 0 Å². The maximum Gasteiger partial charge on any atom is 0.115 e. The second-order valence-corrected chi connectivity index (χ2v) is 1.34. The Bertz CT molecular complexity index is 143. The second kappa shape index (κ2) is 6.06. The summed E-state index contributed by atoms with van der Waals surface area (Å²) >= 11 is 0. The Labute approximate surface area is 73.3 Å². The summed E-state index contributed by atoms with van der Waals surface area (Å²) in [5, 5.41) is 8.63. The molecule has 0 amide bonds. The molecule has 9 heavy (non-hydrogen) atoms. The number of para-hydroxylation sites is 1. The summed E-state index contributed by atoms with van der Waals surface area (Å²) in [6.45, 7) is 0. The van der Waals surface area contributed by atoms with Gasteiger partial charge in [-0.05, 0) is 12.1 Å². The minimum absolute atomic E-state index is 0. The number of halogens is 1. The van der Waals surface area contributed by atoms with Gasteiger partial charge in [0.05, 0.1) is 0 Å². The van der Waals surface area contributed by atoms with Gasteiger partial charge in [-0.15, -0.1) is 0 Å². The van der Waals surface area contributed by atoms with Crippen LogP contribution in [0.5, 0.6) is 5.75 Å². The van der Waals surface area contributed by atoms with Crippen molar-refractivity contribution in [2.75, 3.05) is 0 Å². The van der Waals surface area contributed by atoms with Gasteiger partial charge in [-0.3, -0.25) is 0 Å². The molecule has 0 aliphatic carbocycles. The maximum absolute atomic E-state index is 8.63. The molecule has 0 bridgehead atoms. The van der Waals surface area contributed by atoms with Crippen molar-refractivity contribution in [2.45, 2.75) is 0 Å². The first-order valence-corrected chi connectivity index (χ1v) is 2.13. The van der Waals surface area contributed by atoms with Crippen molar-refractivity contribution < 1.29 is 37.0 Å². The summed E-state index contributed by atoms with van der Waals surface area (Å²) in [4.78, 5) is 0. The zero-order valence-electron chi connectivity index (χ0n) is 4.92. The molecular weight excluding hydrogens is 189 g/mol. The van der Waals surface area contributed by atoms with E-state index in [1.165, 1.54) is 0 Å². The molecule has 1 aromatic rings. The van der Waals surface area contributed by atoms with E-state index in [2.05, 4.69) is 0 Å². The third-order valence-corrected chi connectivity index (χ3v) is 0.756. The van der Waals surface area contributed by atoms with E-state index in [-0.39, 0.29) is 31.9 Å². The molecule has 0 aromatic heterocycles. The van der Waals surface area contributed by atoms with Gasteiger partial charge in [0.1, 0.15) is 5.75 Å². The number of phenols is 1. The molecule has 0 saturated heterocycles. The summed E-state index contributed by atoms with van der Waals surface area (Å²) in [6, 6.07) is 8.71. The molecule has 0 atom stereocenters. The first kappa shape index (κ1) is 11.7. The van der Waals surface area contributed by atoms with E-state index in [1.54, 1.807) is 24.3 Å². The van der Waals surface area contributed by atoms with Crippen molar-refractivity contribution >= 4 is 0 Å². The summed E-state index contributed by atoms with van der Waals surface area (Å²) in [6.07, 6.45) is 0. The molecule has 3 heteroatoms. The number of phenolic OH excluding ortho intramolecular Hbond substituents is 1. The van der Waals surface area contributed by atoms with E-state index in [4.69, 9.17) is 5.11 Å². The normalized spacial score (nSPS) is 6.67. The standard InChI is InChI=1S/C6H6O.ClH.Zn/c7-6-4-2-1-3-5-6;;/h1-5,7H;1H;/p-1. The molecule has 1 rings (SSSR count). The number of hydrogen-bond donors (Lipinski definition) is 1. The molecule has 1 N–H and O–H groups in total. The average molecular weight is 195 g/mol. The van der Waals surface area contributed by atoms with Crippen molar-refractivity contribution in [3.63, 3.8) is 0 Å². The van der Waals surface area contributed by atoms with Crippen molar-refractivity contribution in [3.05, 3.63) is 30.3 Å². The Morgan fingerprint density at radius 2 is 1.44 bits per heavy atom. The zero-order valence-corrected chi connectivity index (χ0v) is 8.64. The molecule has 0 aliphatic heterocycles. The fourth-order valence-corrected chi connectivity index (χ4v) is 0.428. The minimum atomic E-state index is 0. The molecule has 1 nitrogen and oxygen atoms in total. The number of benzene rings is 1. The predicted molar refractivity (Wildman–Crippen MR) is 28.1 cm³/mol. The number of rotatable bonds is 0. The summed E-state index contributed by atoms with van der Waals surface area (Å²) in [5.41, 5.74) is 0. The smallest absolute Gasteiger partial charge is 0.115 e. The maximum atomic E-state index is 8.63. The topological polar surface area (TPSA) is 20.2 Å². The van der Waals surface area contributed by atoms with Crippen molar-refractivity contribution in [2.24, 2.45) is 0 Å². The van der Waals surface area contributed by atoms with Crippen molar-refractivity contribution in [1.29, 1.82) is 0 Å². The van der Waals surface area contributed by atoms with Crippen LogP contribution in [0.1, 0.15) is 0 Å². The quantitative estimate of drug-likeness (QED) is 0.494. The largest absolute Gasteiger partial charge is 1.00 e. The molecule has 0 spiro atoms. The molecule has 0 aliphatic rings. The van der Waals surface area contributed by atoms with Crippen LogP contribution in [0.4, 0.5) is 0 Å². The Hall–Kier alpha value is -0.0666. The van der Waals surface area contributed by atoms with Crippen LogP contribution in [0.3, 0.4) is 0 Å². The van der Waals surface area contributed by atoms with Crippen LogP contribution in [-0.4, -0.2) is 5.11 Å². The van der Waals surface area contributed by atoms with E-state index >= 15 is 0 Å². The Kier molecular flexibility index (Phi) is 7.87. The van der Waals surface area contributed by atoms with Gasteiger partial charge in [0, 0.05) is 19.5 Å². The van der Waals surface area contributed by atoms with E-state index in [0.717, 1.165) is 0 Å². The van der Waals surface area contributed by atoms with E-state index in [1.807, 2.05) is 6.07 Å². The molecule has 1 aromatic carbocycles. The first-order chi connectivity index (χ1) is 3.39. The summed E-state index contributed by atoms with van der Waals surface area (Å²) < 4.78 is 0. The molecule has 0 heterocycles. The van der Waals surface area contributed by atoms with Gasteiger partial charge in [0.15, 0.2) is 0 Å². The van der Waals surface area contributed by atoms with Crippen LogP contribution in [0.25, 0.3) is 0 Å². The minimum Gasteiger partial charge on any atom is -1.00 e. The molecular formula is C6H6ClOZn-. The fraction of sp³-hybridized carbons (Fsp3) is 0. The Balaban J connectivity index is 0. The van der Waals surface area contributed by atoms with Crippen LogP contribution in [-0.2, 0) is 19.5 Å². The van der Waals surface area contributed by atoms with Crippen LogP contribution in [0, 0.1) is 0 Å². The molecule has 0 radical (unpaired) electrons. The van der Waals surface area contributed by atoms with Gasteiger partial charge in [-0.1, -0.05) is 18.2 Å². The second-order valence-electron chi connectivity index (χ2n) is 1.34. The van der Waals surface area contributed by atoms with E-state index < -0.39 is 0 Å². The van der Waals surface area contributed by atoms with Crippen LogP contribution in [0.2, 0.25) is 0 Å².